The van der Waals surface area contributed by atoms with Gasteiger partial charge in [-0.25, -0.2) is 4.98 Å². The molecule has 0 amide bonds. The third kappa shape index (κ3) is 2.74. The Kier molecular flexibility index (Phi) is 3.43. The number of imidazole rings is 1. The molecule has 0 bridgehead atoms. The van der Waals surface area contributed by atoms with Gasteiger partial charge >= 0.3 is 0 Å². The Hall–Kier alpha value is -1.54. The summed E-state index contributed by atoms with van der Waals surface area (Å²) in [4.78, 5) is 4.21. The van der Waals surface area contributed by atoms with Crippen LogP contribution in [0.3, 0.4) is 0 Å². The van der Waals surface area contributed by atoms with Gasteiger partial charge in [0.1, 0.15) is 0 Å². The number of halogens is 1. The zero-order valence-corrected chi connectivity index (χ0v) is 12.3. The van der Waals surface area contributed by atoms with Gasteiger partial charge in [-0.15, -0.1) is 10.2 Å². The van der Waals surface area contributed by atoms with Gasteiger partial charge < -0.3 is 13.4 Å². The number of aromatic nitrogens is 4. The molecule has 3 rings (SSSR count). The van der Waals surface area contributed by atoms with Crippen molar-refractivity contribution >= 4 is 27.7 Å². The first-order valence-corrected chi connectivity index (χ1v) is 7.18. The third-order valence-corrected chi connectivity index (χ3v) is 3.82. The Bertz CT molecular complexity index is 690. The molecular formula is C11H9BrN4O2S. The van der Waals surface area contributed by atoms with Crippen molar-refractivity contribution < 1.29 is 8.83 Å². The lowest BCUT2D eigenvalue weighted by atomic mass is 10.5. The average Bonchev–Trinajstić information content (AvgIpc) is 3.08. The van der Waals surface area contributed by atoms with Crippen LogP contribution in [0.4, 0.5) is 0 Å². The highest BCUT2D eigenvalue weighted by Gasteiger charge is 2.13. The summed E-state index contributed by atoms with van der Waals surface area (Å²) < 4.78 is 13.4. The van der Waals surface area contributed by atoms with Crippen LogP contribution in [0.5, 0.6) is 0 Å². The van der Waals surface area contributed by atoms with Gasteiger partial charge in [-0.1, -0.05) is 11.8 Å². The van der Waals surface area contributed by atoms with Crippen LogP contribution in [0, 0.1) is 0 Å². The molecule has 0 aliphatic carbocycles. The molecule has 3 aromatic rings. The molecule has 3 aromatic heterocycles. The minimum Gasteiger partial charge on any atom is -0.444 e. The summed E-state index contributed by atoms with van der Waals surface area (Å²) >= 11 is 4.77. The first-order chi connectivity index (χ1) is 9.22. The lowest BCUT2D eigenvalue weighted by Crippen LogP contribution is -1.89. The quantitative estimate of drug-likeness (QED) is 0.679. The van der Waals surface area contributed by atoms with Crippen LogP contribution in [-0.2, 0) is 12.8 Å². The van der Waals surface area contributed by atoms with E-state index in [2.05, 4.69) is 31.1 Å². The van der Waals surface area contributed by atoms with Crippen molar-refractivity contribution in [1.82, 2.24) is 19.7 Å². The van der Waals surface area contributed by atoms with Crippen LogP contribution >= 0.6 is 27.7 Å². The lowest BCUT2D eigenvalue weighted by molar-refractivity contribution is 0.486. The molecule has 0 aliphatic heterocycles. The fourth-order valence-corrected chi connectivity index (χ4v) is 2.53. The molecule has 0 radical (unpaired) electrons. The van der Waals surface area contributed by atoms with Gasteiger partial charge in [-0.2, -0.15) is 0 Å². The molecule has 0 fully saturated rings. The molecule has 0 unspecified atom stereocenters. The molecule has 0 spiro atoms. The van der Waals surface area contributed by atoms with Crippen molar-refractivity contribution in [2.75, 3.05) is 0 Å². The summed E-state index contributed by atoms with van der Waals surface area (Å²) in [6.07, 6.45) is 3.64. The predicted octanol–water partition coefficient (Wildman–Crippen LogP) is 3.12. The molecule has 0 aliphatic rings. The van der Waals surface area contributed by atoms with E-state index < -0.39 is 0 Å². The molecule has 0 saturated carbocycles. The number of hydrogen-bond acceptors (Lipinski definition) is 6. The van der Waals surface area contributed by atoms with Crippen LogP contribution in [0.25, 0.3) is 11.7 Å². The van der Waals surface area contributed by atoms with E-state index in [4.69, 9.17) is 8.83 Å². The molecule has 0 N–H and O–H groups in total. The first kappa shape index (κ1) is 12.5. The number of hydrogen-bond donors (Lipinski definition) is 0. The highest BCUT2D eigenvalue weighted by Crippen LogP contribution is 2.26. The Morgan fingerprint density at radius 1 is 1.32 bits per heavy atom. The van der Waals surface area contributed by atoms with Crippen molar-refractivity contribution in [1.29, 1.82) is 0 Å². The van der Waals surface area contributed by atoms with E-state index in [-0.39, 0.29) is 0 Å². The highest BCUT2D eigenvalue weighted by molar-refractivity contribution is 9.10. The third-order valence-electron chi connectivity index (χ3n) is 2.35. The SMILES string of the molecule is Cn1ccnc1SCc1nnc(-c2ccc(Br)o2)o1. The standard InChI is InChI=1S/C11H9BrN4O2S/c1-16-5-4-13-11(16)19-6-9-14-15-10(18-9)7-2-3-8(12)17-7/h2-5H,6H2,1H3. The van der Waals surface area contributed by atoms with Gasteiger partial charge in [0.05, 0.1) is 5.75 Å². The van der Waals surface area contributed by atoms with E-state index in [1.807, 2.05) is 17.8 Å². The molecule has 98 valence electrons. The Labute approximate surface area is 121 Å². The Balaban J connectivity index is 1.70. The molecular weight excluding hydrogens is 332 g/mol. The van der Waals surface area contributed by atoms with Crippen molar-refractivity contribution in [3.05, 3.63) is 35.1 Å². The maximum absolute atomic E-state index is 5.53. The lowest BCUT2D eigenvalue weighted by Gasteiger charge is -1.97. The largest absolute Gasteiger partial charge is 0.444 e. The molecule has 0 atom stereocenters. The monoisotopic (exact) mass is 340 g/mol. The maximum atomic E-state index is 5.53. The number of furan rings is 1. The van der Waals surface area contributed by atoms with Gasteiger partial charge in [0, 0.05) is 19.4 Å². The fourth-order valence-electron chi connectivity index (χ4n) is 1.46. The zero-order chi connectivity index (χ0) is 13.2. The molecule has 0 aromatic carbocycles. The highest BCUT2D eigenvalue weighted by atomic mass is 79.9. The summed E-state index contributed by atoms with van der Waals surface area (Å²) in [5.41, 5.74) is 0. The van der Waals surface area contributed by atoms with Gasteiger partial charge in [0.15, 0.2) is 15.6 Å². The zero-order valence-electron chi connectivity index (χ0n) is 9.91. The van der Waals surface area contributed by atoms with E-state index in [9.17, 15) is 0 Å². The second-order valence-electron chi connectivity index (χ2n) is 3.71. The van der Waals surface area contributed by atoms with Gasteiger partial charge in [0.25, 0.3) is 5.89 Å². The number of thioether (sulfide) groups is 1. The molecule has 8 heteroatoms. The first-order valence-electron chi connectivity index (χ1n) is 5.40. The van der Waals surface area contributed by atoms with E-state index >= 15 is 0 Å². The molecule has 19 heavy (non-hydrogen) atoms. The Morgan fingerprint density at radius 2 is 2.21 bits per heavy atom. The second-order valence-corrected chi connectivity index (χ2v) is 5.44. The van der Waals surface area contributed by atoms with Crippen LogP contribution in [0.15, 0.2) is 43.2 Å². The van der Waals surface area contributed by atoms with Crippen LogP contribution in [-0.4, -0.2) is 19.7 Å². The summed E-state index contributed by atoms with van der Waals surface area (Å²) in [5, 5.41) is 8.83. The second kappa shape index (κ2) is 5.22. The summed E-state index contributed by atoms with van der Waals surface area (Å²) in [6.45, 7) is 0. The van der Waals surface area contributed by atoms with Gasteiger partial charge in [-0.05, 0) is 28.1 Å². The van der Waals surface area contributed by atoms with Crippen LogP contribution in [0.1, 0.15) is 5.89 Å². The van der Waals surface area contributed by atoms with E-state index in [1.54, 1.807) is 18.3 Å². The Morgan fingerprint density at radius 3 is 2.89 bits per heavy atom. The minimum atomic E-state index is 0.376. The van der Waals surface area contributed by atoms with Crippen molar-refractivity contribution in [3.8, 4) is 11.7 Å². The topological polar surface area (TPSA) is 69.9 Å². The maximum Gasteiger partial charge on any atom is 0.283 e. The number of aryl methyl sites for hydroxylation is 1. The summed E-state index contributed by atoms with van der Waals surface area (Å²) in [7, 11) is 1.94. The predicted molar refractivity (Wildman–Crippen MR) is 72.5 cm³/mol. The minimum absolute atomic E-state index is 0.376. The van der Waals surface area contributed by atoms with E-state index in [1.165, 1.54) is 11.8 Å². The van der Waals surface area contributed by atoms with Crippen molar-refractivity contribution in [2.45, 2.75) is 10.9 Å². The van der Waals surface area contributed by atoms with E-state index in [0.717, 1.165) is 5.16 Å². The summed E-state index contributed by atoms with van der Waals surface area (Å²) in [6, 6.07) is 3.55. The van der Waals surface area contributed by atoms with Crippen molar-refractivity contribution in [3.63, 3.8) is 0 Å². The molecule has 0 saturated heterocycles. The fraction of sp³-hybridized carbons (Fsp3) is 0.182. The van der Waals surface area contributed by atoms with E-state index in [0.29, 0.717) is 28.0 Å². The molecule has 3 heterocycles. The number of rotatable bonds is 4. The van der Waals surface area contributed by atoms with Gasteiger partial charge in [-0.3, -0.25) is 0 Å². The summed E-state index contributed by atoms with van der Waals surface area (Å²) in [5.74, 6) is 2.03. The molecule has 6 nitrogen and oxygen atoms in total. The van der Waals surface area contributed by atoms with Crippen LogP contribution < -0.4 is 0 Å². The van der Waals surface area contributed by atoms with Crippen LogP contribution in [0.2, 0.25) is 0 Å². The smallest absolute Gasteiger partial charge is 0.283 e. The normalized spacial score (nSPS) is 11.1. The van der Waals surface area contributed by atoms with Gasteiger partial charge in [0.2, 0.25) is 5.89 Å². The average molecular weight is 341 g/mol. The number of nitrogens with zero attached hydrogens (tertiary/aromatic N) is 4. The van der Waals surface area contributed by atoms with Crippen molar-refractivity contribution in [2.24, 2.45) is 7.05 Å².